The molecule has 0 radical (unpaired) electrons. The van der Waals surface area contributed by atoms with Gasteiger partial charge >= 0.3 is 0 Å². The van der Waals surface area contributed by atoms with E-state index in [0.29, 0.717) is 11.8 Å². The molecule has 4 aromatic rings. The Kier molecular flexibility index (Phi) is 8.71. The molecule has 192 valence electrons. The van der Waals surface area contributed by atoms with Crippen molar-refractivity contribution >= 4 is 11.4 Å². The number of aryl methyl sites for hydroxylation is 4. The summed E-state index contributed by atoms with van der Waals surface area (Å²) in [4.78, 5) is 0. The molecule has 0 fully saturated rings. The molecule has 0 aliphatic rings. The fourth-order valence-corrected chi connectivity index (χ4v) is 5.51. The zero-order chi connectivity index (χ0) is 26.4. The van der Waals surface area contributed by atoms with Crippen molar-refractivity contribution in [3.63, 3.8) is 0 Å². The highest BCUT2D eigenvalue weighted by Gasteiger charge is 2.12. The standard InChI is InChI=1S/C35H42N2/c1-24-22-32(36)18-20-34(24)26(3)30-14-10-28(11-15-30)8-6-5-7-9-29-12-16-31(17-13-29)27(4)35-21-19-33(37)23-25(35)2/h10-23,26-27H,5-9,36-37H2,1-4H3. The number of anilines is 2. The highest BCUT2D eigenvalue weighted by atomic mass is 14.5. The second-order valence-electron chi connectivity index (χ2n) is 10.7. The molecule has 2 nitrogen and oxygen atoms in total. The van der Waals surface area contributed by atoms with Crippen LogP contribution >= 0.6 is 0 Å². The second-order valence-corrected chi connectivity index (χ2v) is 10.7. The molecule has 0 saturated heterocycles. The van der Waals surface area contributed by atoms with E-state index in [1.165, 1.54) is 63.8 Å². The Hall–Kier alpha value is -3.52. The first-order valence-electron chi connectivity index (χ1n) is 13.7. The molecule has 0 aromatic heterocycles. The van der Waals surface area contributed by atoms with Crippen molar-refractivity contribution in [3.8, 4) is 0 Å². The van der Waals surface area contributed by atoms with Crippen LogP contribution < -0.4 is 11.5 Å². The van der Waals surface area contributed by atoms with Crippen molar-refractivity contribution in [2.75, 3.05) is 11.5 Å². The molecule has 2 heteroatoms. The Labute approximate surface area is 223 Å². The van der Waals surface area contributed by atoms with Gasteiger partial charge in [-0.05, 0) is 108 Å². The van der Waals surface area contributed by atoms with Crippen molar-refractivity contribution in [1.82, 2.24) is 0 Å². The number of hydrogen-bond acceptors (Lipinski definition) is 2. The Morgan fingerprint density at radius 1 is 0.514 bits per heavy atom. The quantitative estimate of drug-likeness (QED) is 0.172. The minimum absolute atomic E-state index is 0.375. The molecule has 4 rings (SSSR count). The third-order valence-electron chi connectivity index (χ3n) is 7.91. The largest absolute Gasteiger partial charge is 0.399 e. The average Bonchev–Trinajstić information content (AvgIpc) is 2.88. The van der Waals surface area contributed by atoms with Gasteiger partial charge in [0.05, 0.1) is 0 Å². The zero-order valence-electron chi connectivity index (χ0n) is 22.9. The van der Waals surface area contributed by atoms with Gasteiger partial charge in [0.25, 0.3) is 0 Å². The fraction of sp³-hybridized carbons (Fsp3) is 0.314. The van der Waals surface area contributed by atoms with Crippen molar-refractivity contribution in [3.05, 3.63) is 129 Å². The molecule has 0 bridgehead atoms. The first-order valence-corrected chi connectivity index (χ1v) is 13.7. The minimum atomic E-state index is 0.375. The van der Waals surface area contributed by atoms with Crippen molar-refractivity contribution in [2.24, 2.45) is 0 Å². The maximum absolute atomic E-state index is 5.93. The molecular weight excluding hydrogens is 448 g/mol. The molecule has 2 atom stereocenters. The third-order valence-corrected chi connectivity index (χ3v) is 7.91. The molecule has 0 aliphatic heterocycles. The van der Waals surface area contributed by atoms with Gasteiger partial charge in [0.2, 0.25) is 0 Å². The van der Waals surface area contributed by atoms with Crippen LogP contribution in [-0.4, -0.2) is 0 Å². The van der Waals surface area contributed by atoms with Crippen LogP contribution in [0.1, 0.15) is 89.5 Å². The Bertz CT molecular complexity index is 1200. The van der Waals surface area contributed by atoms with E-state index in [2.05, 4.69) is 100 Å². The summed E-state index contributed by atoms with van der Waals surface area (Å²) in [6.07, 6.45) is 6.01. The number of unbranched alkanes of at least 4 members (excludes halogenated alkanes) is 2. The van der Waals surface area contributed by atoms with Gasteiger partial charge in [-0.1, -0.05) is 80.9 Å². The fourth-order valence-electron chi connectivity index (χ4n) is 5.51. The summed E-state index contributed by atoms with van der Waals surface area (Å²) in [6.45, 7) is 8.85. The number of benzene rings is 4. The van der Waals surface area contributed by atoms with E-state index in [9.17, 15) is 0 Å². The molecule has 0 saturated carbocycles. The van der Waals surface area contributed by atoms with Gasteiger partial charge in [-0.2, -0.15) is 0 Å². The highest BCUT2D eigenvalue weighted by Crippen LogP contribution is 2.29. The first kappa shape index (κ1) is 26.5. The summed E-state index contributed by atoms with van der Waals surface area (Å²) >= 11 is 0. The second kappa shape index (κ2) is 12.1. The maximum Gasteiger partial charge on any atom is 0.0316 e. The third kappa shape index (κ3) is 6.83. The number of rotatable bonds is 10. The highest BCUT2D eigenvalue weighted by molar-refractivity contribution is 5.48. The Balaban J connectivity index is 1.22. The van der Waals surface area contributed by atoms with E-state index in [1.54, 1.807) is 0 Å². The molecule has 37 heavy (non-hydrogen) atoms. The van der Waals surface area contributed by atoms with Crippen LogP contribution in [0.2, 0.25) is 0 Å². The maximum atomic E-state index is 5.93. The average molecular weight is 491 g/mol. The van der Waals surface area contributed by atoms with Gasteiger partial charge in [0.1, 0.15) is 0 Å². The van der Waals surface area contributed by atoms with E-state index in [0.717, 1.165) is 24.2 Å². The van der Waals surface area contributed by atoms with Crippen LogP contribution in [-0.2, 0) is 12.8 Å². The first-order chi connectivity index (χ1) is 17.8. The van der Waals surface area contributed by atoms with Crippen molar-refractivity contribution in [2.45, 2.75) is 71.6 Å². The molecule has 0 heterocycles. The summed E-state index contributed by atoms with van der Waals surface area (Å²) in [5, 5.41) is 0. The topological polar surface area (TPSA) is 52.0 Å². The SMILES string of the molecule is Cc1cc(N)ccc1C(C)c1ccc(CCCCCc2ccc(C(C)c3ccc(N)cc3C)cc2)cc1. The Morgan fingerprint density at radius 3 is 1.24 bits per heavy atom. The summed E-state index contributed by atoms with van der Waals surface area (Å²) in [5.41, 5.74) is 24.3. The van der Waals surface area contributed by atoms with E-state index < -0.39 is 0 Å². The minimum Gasteiger partial charge on any atom is -0.399 e. The molecule has 0 spiro atoms. The lowest BCUT2D eigenvalue weighted by atomic mass is 9.89. The van der Waals surface area contributed by atoms with Gasteiger partial charge in [-0.15, -0.1) is 0 Å². The van der Waals surface area contributed by atoms with E-state index in [4.69, 9.17) is 11.5 Å². The lowest BCUT2D eigenvalue weighted by molar-refractivity contribution is 0.678. The van der Waals surface area contributed by atoms with Crippen LogP contribution in [0, 0.1) is 13.8 Å². The van der Waals surface area contributed by atoms with Gasteiger partial charge < -0.3 is 11.5 Å². The van der Waals surface area contributed by atoms with E-state index in [1.807, 2.05) is 12.1 Å². The monoisotopic (exact) mass is 490 g/mol. The van der Waals surface area contributed by atoms with E-state index in [-0.39, 0.29) is 0 Å². The van der Waals surface area contributed by atoms with Gasteiger partial charge in [-0.3, -0.25) is 0 Å². The van der Waals surface area contributed by atoms with Crippen LogP contribution in [0.3, 0.4) is 0 Å². The van der Waals surface area contributed by atoms with Crippen molar-refractivity contribution in [1.29, 1.82) is 0 Å². The summed E-state index contributed by atoms with van der Waals surface area (Å²) in [6, 6.07) is 30.9. The van der Waals surface area contributed by atoms with E-state index >= 15 is 0 Å². The van der Waals surface area contributed by atoms with Gasteiger partial charge in [-0.25, -0.2) is 0 Å². The number of hydrogen-bond donors (Lipinski definition) is 2. The molecule has 0 aliphatic carbocycles. The predicted molar refractivity (Wildman–Crippen MR) is 160 cm³/mol. The summed E-state index contributed by atoms with van der Waals surface area (Å²) in [5.74, 6) is 0.749. The normalized spacial score (nSPS) is 12.9. The molecule has 0 amide bonds. The van der Waals surface area contributed by atoms with Crippen molar-refractivity contribution < 1.29 is 0 Å². The molecule has 2 unspecified atom stereocenters. The zero-order valence-corrected chi connectivity index (χ0v) is 22.9. The number of nitrogen functional groups attached to an aromatic ring is 2. The predicted octanol–water partition coefficient (Wildman–Crippen LogP) is 8.73. The lowest BCUT2D eigenvalue weighted by Crippen LogP contribution is -2.00. The lowest BCUT2D eigenvalue weighted by Gasteiger charge is -2.16. The summed E-state index contributed by atoms with van der Waals surface area (Å²) < 4.78 is 0. The van der Waals surface area contributed by atoms with Gasteiger partial charge in [0, 0.05) is 23.2 Å². The van der Waals surface area contributed by atoms with Crippen LogP contribution in [0.25, 0.3) is 0 Å². The molecular formula is C35H42N2. The Morgan fingerprint density at radius 2 is 0.892 bits per heavy atom. The van der Waals surface area contributed by atoms with Crippen LogP contribution in [0.4, 0.5) is 11.4 Å². The number of nitrogens with two attached hydrogens (primary N) is 2. The smallest absolute Gasteiger partial charge is 0.0316 e. The van der Waals surface area contributed by atoms with Crippen LogP contribution in [0.5, 0.6) is 0 Å². The van der Waals surface area contributed by atoms with Gasteiger partial charge in [0.15, 0.2) is 0 Å². The summed E-state index contributed by atoms with van der Waals surface area (Å²) in [7, 11) is 0. The molecule has 4 N–H and O–H groups in total. The molecule has 4 aromatic carbocycles. The van der Waals surface area contributed by atoms with Crippen LogP contribution in [0.15, 0.2) is 84.9 Å².